The van der Waals surface area contributed by atoms with E-state index in [9.17, 15) is 5.11 Å². The quantitative estimate of drug-likeness (QED) is 0.622. The number of aromatic nitrogens is 1. The largest absolute Gasteiger partial charge is 0.506 e. The molecule has 0 saturated heterocycles. The van der Waals surface area contributed by atoms with Crippen LogP contribution in [0, 0.1) is 6.92 Å². The van der Waals surface area contributed by atoms with Gasteiger partial charge in [-0.05, 0) is 6.92 Å². The van der Waals surface area contributed by atoms with Gasteiger partial charge in [-0.25, -0.2) is 0 Å². The van der Waals surface area contributed by atoms with Gasteiger partial charge in [-0.1, -0.05) is 0 Å². The number of nitrogens with zero attached hydrogens (tertiary/aromatic N) is 1. The molecule has 1 heterocycles. The molecule has 13 heavy (non-hydrogen) atoms. The molecule has 1 aromatic rings. The molecule has 0 unspecified atom stereocenters. The van der Waals surface area contributed by atoms with E-state index in [0.717, 1.165) is 0 Å². The van der Waals surface area contributed by atoms with Gasteiger partial charge < -0.3 is 15.3 Å². The summed E-state index contributed by atoms with van der Waals surface area (Å²) in [6.45, 7) is 1.12. The third kappa shape index (κ3) is 2.13. The third-order valence-electron chi connectivity index (χ3n) is 1.76. The number of aryl methyl sites for hydroxylation is 1. The molecule has 0 aromatic carbocycles. The number of aliphatic hydroxyl groups is 2. The Morgan fingerprint density at radius 2 is 1.92 bits per heavy atom. The molecule has 0 aliphatic rings. The van der Waals surface area contributed by atoms with Gasteiger partial charge in [0.15, 0.2) is 0 Å². The van der Waals surface area contributed by atoms with Crippen molar-refractivity contribution < 1.29 is 20.0 Å². The summed E-state index contributed by atoms with van der Waals surface area (Å²) in [6.07, 6.45) is 1.45. The fraction of sp³-hybridized carbons (Fsp3) is 0.375. The van der Waals surface area contributed by atoms with Crippen molar-refractivity contribution in [2.45, 2.75) is 20.1 Å². The molecule has 0 fully saturated rings. The van der Waals surface area contributed by atoms with Crippen LogP contribution in [0.3, 0.4) is 0 Å². The summed E-state index contributed by atoms with van der Waals surface area (Å²) in [6, 6.07) is 0. The van der Waals surface area contributed by atoms with Crippen LogP contribution in [0.1, 0.15) is 16.8 Å². The number of halogens is 1. The highest BCUT2D eigenvalue weighted by Gasteiger charge is 2.09. The monoisotopic (exact) mass is 189 g/mol. The molecular formula is C8H12FNO3. The second kappa shape index (κ2) is 4.74. The van der Waals surface area contributed by atoms with Crippen LogP contribution in [0.25, 0.3) is 0 Å². The zero-order valence-corrected chi connectivity index (χ0v) is 7.19. The van der Waals surface area contributed by atoms with Crippen LogP contribution in [-0.2, 0) is 13.2 Å². The maximum atomic E-state index is 9.38. The van der Waals surface area contributed by atoms with Crippen LogP contribution < -0.4 is 0 Å². The molecule has 0 bridgehead atoms. The normalized spacial score (nSPS) is 9.46. The van der Waals surface area contributed by atoms with Crippen molar-refractivity contribution in [1.82, 2.24) is 4.98 Å². The first kappa shape index (κ1) is 11.8. The van der Waals surface area contributed by atoms with E-state index in [2.05, 4.69) is 4.98 Å². The molecule has 1 aromatic heterocycles. The molecule has 1 rings (SSSR count). The smallest absolute Gasteiger partial charge is 0.142 e. The molecule has 0 amide bonds. The lowest BCUT2D eigenvalue weighted by molar-refractivity contribution is 0.254. The fourth-order valence-electron chi connectivity index (χ4n) is 0.997. The highest BCUT2D eigenvalue weighted by Crippen LogP contribution is 2.23. The van der Waals surface area contributed by atoms with Crippen molar-refractivity contribution in [2.75, 3.05) is 0 Å². The first-order chi connectivity index (χ1) is 5.70. The summed E-state index contributed by atoms with van der Waals surface area (Å²) in [4.78, 5) is 3.84. The number of hydrogen-bond donors (Lipinski definition) is 3. The topological polar surface area (TPSA) is 73.6 Å². The summed E-state index contributed by atoms with van der Waals surface area (Å²) in [5.41, 5.74) is 1.27. The zero-order chi connectivity index (χ0) is 9.14. The highest BCUT2D eigenvalue weighted by molar-refractivity contribution is 5.39. The van der Waals surface area contributed by atoms with Gasteiger partial charge in [0.25, 0.3) is 0 Å². The van der Waals surface area contributed by atoms with Crippen molar-refractivity contribution >= 4 is 0 Å². The second-order valence-electron chi connectivity index (χ2n) is 2.51. The standard InChI is InChI=1S/C8H11NO3.FH/c1-5-8(12)7(4-11)6(3-10)2-9-5;/h2,10-12H,3-4H2,1H3;1H. The van der Waals surface area contributed by atoms with Gasteiger partial charge >= 0.3 is 0 Å². The Labute approximate surface area is 74.9 Å². The van der Waals surface area contributed by atoms with Crippen LogP contribution in [0.5, 0.6) is 5.75 Å². The van der Waals surface area contributed by atoms with Crippen LogP contribution in [0.4, 0.5) is 4.70 Å². The molecular weight excluding hydrogens is 177 g/mol. The Morgan fingerprint density at radius 3 is 2.38 bits per heavy atom. The van der Waals surface area contributed by atoms with Crippen LogP contribution in [-0.4, -0.2) is 20.3 Å². The van der Waals surface area contributed by atoms with Gasteiger partial charge in [0.05, 0.1) is 18.9 Å². The minimum absolute atomic E-state index is 0. The first-order valence-electron chi connectivity index (χ1n) is 3.58. The van der Waals surface area contributed by atoms with Crippen LogP contribution >= 0.6 is 0 Å². The summed E-state index contributed by atoms with van der Waals surface area (Å²) in [5, 5.41) is 27.0. The van der Waals surface area contributed by atoms with E-state index in [1.807, 2.05) is 0 Å². The van der Waals surface area contributed by atoms with E-state index >= 15 is 0 Å². The van der Waals surface area contributed by atoms with E-state index in [1.54, 1.807) is 6.92 Å². The van der Waals surface area contributed by atoms with E-state index < -0.39 is 0 Å². The molecule has 4 nitrogen and oxygen atoms in total. The third-order valence-corrected chi connectivity index (χ3v) is 1.76. The van der Waals surface area contributed by atoms with Crippen molar-refractivity contribution in [3.8, 4) is 5.75 Å². The SMILES string of the molecule is Cc1ncc(CO)c(CO)c1O.F. The van der Waals surface area contributed by atoms with E-state index in [0.29, 0.717) is 16.8 Å². The first-order valence-corrected chi connectivity index (χ1v) is 3.58. The highest BCUT2D eigenvalue weighted by atomic mass is 19.0. The van der Waals surface area contributed by atoms with E-state index in [-0.39, 0.29) is 23.7 Å². The molecule has 3 N–H and O–H groups in total. The fourth-order valence-corrected chi connectivity index (χ4v) is 0.997. The Kier molecular flexibility index (Phi) is 4.30. The average molecular weight is 189 g/mol. The Balaban J connectivity index is 0.00000144. The van der Waals surface area contributed by atoms with Gasteiger partial charge in [-0.15, -0.1) is 0 Å². The lowest BCUT2D eigenvalue weighted by Gasteiger charge is -2.07. The minimum Gasteiger partial charge on any atom is -0.506 e. The molecule has 0 aliphatic carbocycles. The van der Waals surface area contributed by atoms with E-state index in [4.69, 9.17) is 10.2 Å². The van der Waals surface area contributed by atoms with Crippen molar-refractivity contribution in [2.24, 2.45) is 0 Å². The number of pyridine rings is 1. The van der Waals surface area contributed by atoms with Gasteiger partial charge in [0, 0.05) is 17.3 Å². The predicted octanol–water partition coefficient (Wildman–Crippen LogP) is 0.233. The van der Waals surface area contributed by atoms with Crippen molar-refractivity contribution in [1.29, 1.82) is 0 Å². The van der Waals surface area contributed by atoms with Crippen LogP contribution in [0.2, 0.25) is 0 Å². The van der Waals surface area contributed by atoms with Crippen molar-refractivity contribution in [3.63, 3.8) is 0 Å². The maximum Gasteiger partial charge on any atom is 0.142 e. The molecule has 0 radical (unpaired) electrons. The van der Waals surface area contributed by atoms with Gasteiger partial charge in [-0.2, -0.15) is 0 Å². The molecule has 0 atom stereocenters. The summed E-state index contributed by atoms with van der Waals surface area (Å²) >= 11 is 0. The maximum absolute atomic E-state index is 9.38. The predicted molar refractivity (Wildman–Crippen MR) is 45.0 cm³/mol. The minimum atomic E-state index is -0.287. The van der Waals surface area contributed by atoms with E-state index in [1.165, 1.54) is 6.20 Å². The second-order valence-corrected chi connectivity index (χ2v) is 2.51. The molecule has 0 aliphatic heterocycles. The van der Waals surface area contributed by atoms with Gasteiger partial charge in [0.1, 0.15) is 5.75 Å². The summed E-state index contributed by atoms with van der Waals surface area (Å²) in [7, 11) is 0. The summed E-state index contributed by atoms with van der Waals surface area (Å²) < 4.78 is 0. The average Bonchev–Trinajstić information content (AvgIpc) is 2.09. The number of aliphatic hydroxyl groups excluding tert-OH is 2. The number of rotatable bonds is 2. The Bertz CT molecular complexity index is 291. The van der Waals surface area contributed by atoms with Gasteiger partial charge in [0.2, 0.25) is 0 Å². The zero-order valence-electron chi connectivity index (χ0n) is 7.19. The lowest BCUT2D eigenvalue weighted by Crippen LogP contribution is -1.98. The number of hydrogen-bond acceptors (Lipinski definition) is 4. The molecule has 74 valence electrons. The van der Waals surface area contributed by atoms with Gasteiger partial charge in [-0.3, -0.25) is 9.69 Å². The number of aromatic hydroxyl groups is 1. The lowest BCUT2D eigenvalue weighted by atomic mass is 10.1. The summed E-state index contributed by atoms with van der Waals surface area (Å²) in [5.74, 6) is -0.0379. The molecule has 0 saturated carbocycles. The van der Waals surface area contributed by atoms with Crippen LogP contribution in [0.15, 0.2) is 6.20 Å². The van der Waals surface area contributed by atoms with Crippen molar-refractivity contribution in [3.05, 3.63) is 23.0 Å². The molecule has 0 spiro atoms. The Hall–Kier alpha value is -1.20. The Morgan fingerprint density at radius 1 is 1.31 bits per heavy atom. The molecule has 5 heteroatoms.